The molecule has 0 atom stereocenters. The van der Waals surface area contributed by atoms with E-state index in [9.17, 15) is 4.79 Å². The lowest BCUT2D eigenvalue weighted by atomic mass is 10.2. The molecule has 0 aliphatic carbocycles. The van der Waals surface area contributed by atoms with E-state index in [1.165, 1.54) is 4.88 Å². The summed E-state index contributed by atoms with van der Waals surface area (Å²) in [7, 11) is 1.63. The molecule has 0 N–H and O–H groups in total. The fourth-order valence-corrected chi connectivity index (χ4v) is 4.91. The first kappa shape index (κ1) is 22.3. The average Bonchev–Trinajstić information content (AvgIpc) is 3.52. The number of amides is 1. The van der Waals surface area contributed by atoms with Crippen molar-refractivity contribution >= 4 is 28.3 Å². The smallest absolute Gasteiger partial charge is 0.246 e. The molecule has 1 saturated heterocycles. The molecule has 1 aliphatic heterocycles. The zero-order valence-corrected chi connectivity index (χ0v) is 20.2. The first-order valence-corrected chi connectivity index (χ1v) is 11.9. The number of ether oxygens (including phenoxy) is 1. The Labute approximate surface area is 201 Å². The lowest BCUT2D eigenvalue weighted by molar-refractivity contribution is -0.127. The summed E-state index contributed by atoms with van der Waals surface area (Å²) in [6.07, 6.45) is 5.58. The van der Waals surface area contributed by atoms with Gasteiger partial charge in [0.1, 0.15) is 5.75 Å². The summed E-state index contributed by atoms with van der Waals surface area (Å²) in [6, 6.07) is 7.55. The van der Waals surface area contributed by atoms with E-state index in [2.05, 4.69) is 33.1 Å². The number of nitrogens with zero attached hydrogens (tertiary/aromatic N) is 6. The second-order valence-corrected chi connectivity index (χ2v) is 9.47. The summed E-state index contributed by atoms with van der Waals surface area (Å²) in [4.78, 5) is 28.1. The Hall–Kier alpha value is -3.50. The summed E-state index contributed by atoms with van der Waals surface area (Å²) in [5, 5.41) is 4.10. The number of rotatable bonds is 6. The Bertz CT molecular complexity index is 1330. The topological polar surface area (TPSA) is 89.0 Å². The number of aryl methyl sites for hydroxylation is 2. The quantitative estimate of drug-likeness (QED) is 0.392. The van der Waals surface area contributed by atoms with Crippen molar-refractivity contribution in [3.05, 3.63) is 58.7 Å². The summed E-state index contributed by atoms with van der Waals surface area (Å²) in [5.41, 5.74) is 2.75. The first-order chi connectivity index (χ1) is 16.5. The molecule has 5 rings (SSSR count). The van der Waals surface area contributed by atoms with Gasteiger partial charge in [-0.1, -0.05) is 5.16 Å². The van der Waals surface area contributed by atoms with Crippen LogP contribution in [0.5, 0.6) is 5.75 Å². The number of piperazine rings is 1. The highest BCUT2D eigenvalue weighted by atomic mass is 32.1. The van der Waals surface area contributed by atoms with Crippen LogP contribution in [0.25, 0.3) is 22.4 Å². The van der Waals surface area contributed by atoms with Crippen molar-refractivity contribution in [2.24, 2.45) is 0 Å². The molecule has 1 aliphatic rings. The lowest BCUT2D eigenvalue weighted by Gasteiger charge is -2.33. The highest BCUT2D eigenvalue weighted by Crippen LogP contribution is 2.22. The molecule has 0 saturated carbocycles. The van der Waals surface area contributed by atoms with Crippen molar-refractivity contribution in [1.29, 1.82) is 0 Å². The van der Waals surface area contributed by atoms with Crippen LogP contribution in [0, 0.1) is 13.8 Å². The Kier molecular flexibility index (Phi) is 6.16. The number of benzene rings is 1. The third-order valence-electron chi connectivity index (χ3n) is 5.91. The lowest BCUT2D eigenvalue weighted by Crippen LogP contribution is -2.47. The summed E-state index contributed by atoms with van der Waals surface area (Å²) in [6.45, 7) is 7.39. The van der Waals surface area contributed by atoms with E-state index in [0.29, 0.717) is 31.3 Å². The maximum atomic E-state index is 12.8. The van der Waals surface area contributed by atoms with Crippen LogP contribution in [0.15, 0.2) is 41.1 Å². The van der Waals surface area contributed by atoms with Gasteiger partial charge in [0.25, 0.3) is 0 Å². The van der Waals surface area contributed by atoms with Gasteiger partial charge in [0.15, 0.2) is 4.96 Å². The normalized spacial score (nSPS) is 15.0. The van der Waals surface area contributed by atoms with Crippen molar-refractivity contribution in [3.8, 4) is 17.1 Å². The maximum absolute atomic E-state index is 12.8. The van der Waals surface area contributed by atoms with Crippen LogP contribution >= 0.6 is 11.3 Å². The summed E-state index contributed by atoms with van der Waals surface area (Å²) >= 11 is 1.65. The third kappa shape index (κ3) is 4.59. The van der Waals surface area contributed by atoms with E-state index in [-0.39, 0.29) is 5.91 Å². The third-order valence-corrected chi connectivity index (χ3v) is 6.80. The number of imidazole rings is 1. The fourth-order valence-electron chi connectivity index (χ4n) is 4.03. The number of fused-ring (bicyclic) bond motifs is 1. The van der Waals surface area contributed by atoms with Gasteiger partial charge in [-0.3, -0.25) is 14.1 Å². The molecule has 0 spiro atoms. The van der Waals surface area contributed by atoms with E-state index in [1.54, 1.807) is 24.5 Å². The molecular formula is C24H26N6O3S. The van der Waals surface area contributed by atoms with E-state index in [0.717, 1.165) is 40.8 Å². The van der Waals surface area contributed by atoms with Crippen molar-refractivity contribution in [2.45, 2.75) is 20.4 Å². The average molecular weight is 479 g/mol. The van der Waals surface area contributed by atoms with E-state index in [4.69, 9.17) is 9.26 Å². The molecule has 9 nitrogen and oxygen atoms in total. The molecule has 176 valence electrons. The van der Waals surface area contributed by atoms with E-state index >= 15 is 0 Å². The number of aromatic nitrogens is 4. The predicted octanol–water partition coefficient (Wildman–Crippen LogP) is 3.43. The van der Waals surface area contributed by atoms with E-state index in [1.807, 2.05) is 46.6 Å². The van der Waals surface area contributed by atoms with Crippen LogP contribution in [-0.4, -0.2) is 68.5 Å². The Morgan fingerprint density at radius 1 is 1.15 bits per heavy atom. The molecule has 0 radical (unpaired) electrons. The Morgan fingerprint density at radius 2 is 1.91 bits per heavy atom. The highest BCUT2D eigenvalue weighted by Gasteiger charge is 2.22. The Balaban J connectivity index is 1.15. The van der Waals surface area contributed by atoms with Gasteiger partial charge in [0.2, 0.25) is 17.6 Å². The zero-order valence-electron chi connectivity index (χ0n) is 19.4. The maximum Gasteiger partial charge on any atom is 0.246 e. The number of hydrogen-bond donors (Lipinski definition) is 0. The zero-order chi connectivity index (χ0) is 23.7. The van der Waals surface area contributed by atoms with Crippen LogP contribution in [-0.2, 0) is 11.3 Å². The van der Waals surface area contributed by atoms with Crippen molar-refractivity contribution in [1.82, 2.24) is 29.3 Å². The molecule has 1 amide bonds. The number of carbonyl (C=O) groups is 1. The van der Waals surface area contributed by atoms with Gasteiger partial charge in [-0.2, -0.15) is 4.98 Å². The largest absolute Gasteiger partial charge is 0.497 e. The van der Waals surface area contributed by atoms with Crippen molar-refractivity contribution in [3.63, 3.8) is 0 Å². The molecule has 34 heavy (non-hydrogen) atoms. The highest BCUT2D eigenvalue weighted by molar-refractivity contribution is 7.17. The monoisotopic (exact) mass is 478 g/mol. The van der Waals surface area contributed by atoms with Crippen LogP contribution in [0.1, 0.15) is 22.2 Å². The molecule has 3 aromatic heterocycles. The van der Waals surface area contributed by atoms with Gasteiger partial charge in [0, 0.05) is 48.9 Å². The van der Waals surface area contributed by atoms with Crippen molar-refractivity contribution < 1.29 is 14.1 Å². The number of carbonyl (C=O) groups excluding carboxylic acids is 1. The van der Waals surface area contributed by atoms with Gasteiger partial charge >= 0.3 is 0 Å². The molecule has 4 heterocycles. The van der Waals surface area contributed by atoms with Gasteiger partial charge in [0.05, 0.1) is 25.0 Å². The second-order valence-electron chi connectivity index (χ2n) is 8.25. The summed E-state index contributed by atoms with van der Waals surface area (Å²) < 4.78 is 12.7. The molecule has 0 bridgehead atoms. The van der Waals surface area contributed by atoms with Crippen LogP contribution in [0.4, 0.5) is 0 Å². The van der Waals surface area contributed by atoms with Gasteiger partial charge in [-0.25, -0.2) is 4.98 Å². The predicted molar refractivity (Wildman–Crippen MR) is 130 cm³/mol. The SMILES string of the molecule is COc1ccc(-c2noc(CN3CCN(C(=O)/C=C/c4c(C)nc5sc(C)cn45)CC3)n2)cc1. The molecule has 4 aromatic rings. The van der Waals surface area contributed by atoms with Gasteiger partial charge < -0.3 is 14.2 Å². The number of thiazole rings is 1. The summed E-state index contributed by atoms with van der Waals surface area (Å²) in [5.74, 6) is 1.92. The molecule has 10 heteroatoms. The van der Waals surface area contributed by atoms with Crippen LogP contribution in [0.3, 0.4) is 0 Å². The van der Waals surface area contributed by atoms with Crippen LogP contribution < -0.4 is 4.74 Å². The minimum Gasteiger partial charge on any atom is -0.497 e. The van der Waals surface area contributed by atoms with E-state index < -0.39 is 0 Å². The fraction of sp³-hybridized carbons (Fsp3) is 0.333. The Morgan fingerprint density at radius 3 is 2.65 bits per heavy atom. The minimum absolute atomic E-state index is 0.0144. The number of hydrogen-bond acceptors (Lipinski definition) is 8. The minimum atomic E-state index is 0.0144. The van der Waals surface area contributed by atoms with Gasteiger partial charge in [-0.15, -0.1) is 11.3 Å². The number of methoxy groups -OCH3 is 1. The molecule has 1 aromatic carbocycles. The molecule has 0 unspecified atom stereocenters. The second kappa shape index (κ2) is 9.40. The van der Waals surface area contributed by atoms with Crippen LogP contribution in [0.2, 0.25) is 0 Å². The first-order valence-electron chi connectivity index (χ1n) is 11.1. The molecular weight excluding hydrogens is 452 g/mol. The van der Waals surface area contributed by atoms with Crippen molar-refractivity contribution in [2.75, 3.05) is 33.3 Å². The molecule has 1 fully saturated rings. The standard InChI is InChI=1S/C24H26N6O3S/c1-16-14-30-20(17(2)25-24(30)34-16)8-9-22(31)29-12-10-28(11-13-29)15-21-26-23(27-33-21)18-4-6-19(32-3)7-5-18/h4-9,14H,10-13,15H2,1-3H3/b9-8+. The van der Waals surface area contributed by atoms with Gasteiger partial charge in [-0.05, 0) is 44.2 Å².